The van der Waals surface area contributed by atoms with Crippen LogP contribution in [0.5, 0.6) is 0 Å². The van der Waals surface area contributed by atoms with E-state index in [0.29, 0.717) is 12.4 Å². The summed E-state index contributed by atoms with van der Waals surface area (Å²) >= 11 is 0. The van der Waals surface area contributed by atoms with E-state index < -0.39 is 0 Å². The number of pyridine rings is 1. The lowest BCUT2D eigenvalue weighted by Crippen LogP contribution is -2.18. The van der Waals surface area contributed by atoms with Crippen molar-refractivity contribution in [2.75, 3.05) is 20.3 Å². The van der Waals surface area contributed by atoms with Gasteiger partial charge in [0, 0.05) is 38.8 Å². The summed E-state index contributed by atoms with van der Waals surface area (Å²) in [6, 6.07) is 4.11. The van der Waals surface area contributed by atoms with Crippen LogP contribution in [0.2, 0.25) is 0 Å². The molecule has 0 saturated heterocycles. The third-order valence-corrected chi connectivity index (χ3v) is 2.89. The molecule has 0 atom stereocenters. The van der Waals surface area contributed by atoms with E-state index in [9.17, 15) is 0 Å². The predicted octanol–water partition coefficient (Wildman–Crippen LogP) is 1.18. The molecule has 0 aliphatic rings. The second kappa shape index (κ2) is 6.80. The average molecular weight is 271 g/mol. The summed E-state index contributed by atoms with van der Waals surface area (Å²) in [5.41, 5.74) is 2.10. The monoisotopic (exact) mass is 271 g/mol. The van der Waals surface area contributed by atoms with Crippen molar-refractivity contribution in [2.24, 2.45) is 0 Å². The summed E-state index contributed by atoms with van der Waals surface area (Å²) in [6.07, 6.45) is 5.15. The minimum Gasteiger partial charge on any atom is -0.383 e. The Morgan fingerprint density at radius 1 is 1.45 bits per heavy atom. The number of methoxy groups -OCH3 is 1. The molecule has 0 spiro atoms. The molecule has 0 aliphatic carbocycles. The van der Waals surface area contributed by atoms with Gasteiger partial charge in [0.15, 0.2) is 0 Å². The van der Waals surface area contributed by atoms with Gasteiger partial charge >= 0.3 is 0 Å². The third kappa shape index (κ3) is 3.20. The van der Waals surface area contributed by atoms with Gasteiger partial charge in [0.05, 0.1) is 6.61 Å². The highest BCUT2D eigenvalue weighted by molar-refractivity contribution is 5.38. The summed E-state index contributed by atoms with van der Waals surface area (Å²) in [6.45, 7) is 4.21. The Kier molecular flexibility index (Phi) is 4.82. The smallest absolute Gasteiger partial charge is 0.218 e. The number of imidazole rings is 1. The van der Waals surface area contributed by atoms with Crippen molar-refractivity contribution in [1.82, 2.24) is 19.9 Å². The fourth-order valence-corrected chi connectivity index (χ4v) is 1.94. The van der Waals surface area contributed by atoms with Crippen molar-refractivity contribution >= 4 is 0 Å². The predicted molar refractivity (Wildman–Crippen MR) is 74.4 cm³/mol. The number of aryl methyl sites for hydroxylation is 1. The zero-order valence-electron chi connectivity index (χ0n) is 11.6. The van der Waals surface area contributed by atoms with E-state index in [1.807, 2.05) is 19.2 Å². The number of hydrogen-bond acceptors (Lipinski definition) is 5. The third-order valence-electron chi connectivity index (χ3n) is 2.89. The molecule has 0 aromatic carbocycles. The molecule has 6 heteroatoms. The quantitative estimate of drug-likeness (QED) is 0.798. The molecule has 6 nitrogen and oxygen atoms in total. The molecule has 0 fully saturated rings. The molecule has 2 rings (SSSR count). The maximum absolute atomic E-state index is 9.00. The van der Waals surface area contributed by atoms with Crippen LogP contribution in [0.15, 0.2) is 24.7 Å². The highest BCUT2D eigenvalue weighted by Crippen LogP contribution is 2.14. The molecule has 1 N–H and O–H groups in total. The molecular formula is C14H17N5O. The molecule has 104 valence electrons. The van der Waals surface area contributed by atoms with Gasteiger partial charge in [-0.25, -0.2) is 9.97 Å². The first-order valence-electron chi connectivity index (χ1n) is 6.35. The minimum atomic E-state index is 0.339. The topological polar surface area (TPSA) is 75.8 Å². The molecule has 0 unspecified atom stereocenters. The highest BCUT2D eigenvalue weighted by Gasteiger charge is 2.08. The summed E-state index contributed by atoms with van der Waals surface area (Å²) in [5, 5.41) is 12.3. The van der Waals surface area contributed by atoms with Crippen molar-refractivity contribution in [3.8, 4) is 11.9 Å². The summed E-state index contributed by atoms with van der Waals surface area (Å²) in [7, 11) is 1.68. The summed E-state index contributed by atoms with van der Waals surface area (Å²) in [4.78, 5) is 8.41. The van der Waals surface area contributed by atoms with Crippen LogP contribution in [0.1, 0.15) is 17.0 Å². The molecule has 2 heterocycles. The Hall–Kier alpha value is -2.23. The number of nitrogens with zero attached hydrogens (tertiary/aromatic N) is 4. The van der Waals surface area contributed by atoms with Crippen LogP contribution in [0, 0.1) is 18.3 Å². The Morgan fingerprint density at radius 2 is 2.30 bits per heavy atom. The molecule has 0 aliphatic heterocycles. The number of aromatic nitrogens is 3. The molecule has 2 aromatic heterocycles. The van der Waals surface area contributed by atoms with Crippen molar-refractivity contribution < 1.29 is 4.74 Å². The molecule has 0 amide bonds. The van der Waals surface area contributed by atoms with Crippen LogP contribution in [-0.4, -0.2) is 34.8 Å². The number of ether oxygens (including phenoxy) is 1. The van der Waals surface area contributed by atoms with Crippen LogP contribution in [0.25, 0.3) is 5.82 Å². The molecular weight excluding hydrogens is 254 g/mol. The first-order valence-corrected chi connectivity index (χ1v) is 6.35. The maximum Gasteiger partial charge on any atom is 0.218 e. The van der Waals surface area contributed by atoms with Gasteiger partial charge in [0.2, 0.25) is 5.82 Å². The standard InChI is InChI=1S/C14H17N5O/c1-11-7-12(9-16-4-6-20-2)10-18-14(11)19-5-3-17-13(19)8-15/h3,5,7,10,16H,4,6,9H2,1-2H3. The van der Waals surface area contributed by atoms with Gasteiger partial charge in [0.1, 0.15) is 11.9 Å². The van der Waals surface area contributed by atoms with Crippen LogP contribution in [0.3, 0.4) is 0 Å². The summed E-state index contributed by atoms with van der Waals surface area (Å²) < 4.78 is 6.67. The molecule has 2 aromatic rings. The molecule has 0 saturated carbocycles. The van der Waals surface area contributed by atoms with Crippen LogP contribution in [-0.2, 0) is 11.3 Å². The normalized spacial score (nSPS) is 10.4. The fraction of sp³-hybridized carbons (Fsp3) is 0.357. The second-order valence-corrected chi connectivity index (χ2v) is 4.39. The number of nitrogens with one attached hydrogen (secondary N) is 1. The van der Waals surface area contributed by atoms with Gasteiger partial charge in [-0.15, -0.1) is 0 Å². The van der Waals surface area contributed by atoms with Crippen molar-refractivity contribution in [2.45, 2.75) is 13.5 Å². The Morgan fingerprint density at radius 3 is 3.00 bits per heavy atom. The maximum atomic E-state index is 9.00. The molecule has 20 heavy (non-hydrogen) atoms. The summed E-state index contributed by atoms with van der Waals surface area (Å²) in [5.74, 6) is 1.08. The van der Waals surface area contributed by atoms with Gasteiger partial charge in [-0.1, -0.05) is 0 Å². The van der Waals surface area contributed by atoms with Gasteiger partial charge < -0.3 is 10.1 Å². The first kappa shape index (κ1) is 14.2. The fourth-order valence-electron chi connectivity index (χ4n) is 1.94. The number of rotatable bonds is 6. The van der Waals surface area contributed by atoms with E-state index in [-0.39, 0.29) is 0 Å². The van der Waals surface area contributed by atoms with E-state index >= 15 is 0 Å². The Balaban J connectivity index is 2.12. The number of hydrogen-bond donors (Lipinski definition) is 1. The van der Waals surface area contributed by atoms with E-state index in [4.69, 9.17) is 10.00 Å². The zero-order chi connectivity index (χ0) is 14.4. The van der Waals surface area contributed by atoms with Crippen molar-refractivity contribution in [3.63, 3.8) is 0 Å². The van der Waals surface area contributed by atoms with Crippen LogP contribution >= 0.6 is 0 Å². The highest BCUT2D eigenvalue weighted by atomic mass is 16.5. The van der Waals surface area contributed by atoms with Gasteiger partial charge in [0.25, 0.3) is 0 Å². The van der Waals surface area contributed by atoms with Crippen molar-refractivity contribution in [1.29, 1.82) is 5.26 Å². The zero-order valence-corrected chi connectivity index (χ0v) is 11.6. The Labute approximate surface area is 118 Å². The van der Waals surface area contributed by atoms with E-state index in [2.05, 4.69) is 21.4 Å². The van der Waals surface area contributed by atoms with Gasteiger partial charge in [-0.2, -0.15) is 5.26 Å². The van der Waals surface area contributed by atoms with Crippen LogP contribution in [0.4, 0.5) is 0 Å². The van der Waals surface area contributed by atoms with Gasteiger partial charge in [-0.05, 0) is 24.1 Å². The first-order chi connectivity index (χ1) is 9.76. The Bertz CT molecular complexity index is 614. The average Bonchev–Trinajstić information content (AvgIpc) is 2.92. The van der Waals surface area contributed by atoms with E-state index in [1.54, 1.807) is 24.1 Å². The van der Waals surface area contributed by atoms with Crippen molar-refractivity contribution in [3.05, 3.63) is 41.6 Å². The molecule has 0 bridgehead atoms. The largest absolute Gasteiger partial charge is 0.383 e. The number of nitriles is 1. The lowest BCUT2D eigenvalue weighted by molar-refractivity contribution is 0.199. The van der Waals surface area contributed by atoms with E-state index in [1.165, 1.54) is 0 Å². The van der Waals surface area contributed by atoms with Gasteiger partial charge in [-0.3, -0.25) is 4.57 Å². The molecule has 0 radical (unpaired) electrons. The minimum absolute atomic E-state index is 0.339. The van der Waals surface area contributed by atoms with E-state index in [0.717, 1.165) is 30.0 Å². The SMILES string of the molecule is COCCNCc1cnc(-n2ccnc2C#N)c(C)c1. The van der Waals surface area contributed by atoms with Crippen LogP contribution < -0.4 is 5.32 Å². The lowest BCUT2D eigenvalue weighted by atomic mass is 10.2. The second-order valence-electron chi connectivity index (χ2n) is 4.39. The lowest BCUT2D eigenvalue weighted by Gasteiger charge is -2.09.